The molecule has 4 N–H and O–H groups in total. The number of carbonyl (C=O) groups excluding carboxylic acids is 1. The van der Waals surface area contributed by atoms with Crippen LogP contribution in [0, 0.1) is 0 Å². The molecule has 0 aromatic rings. The van der Waals surface area contributed by atoms with Crippen molar-refractivity contribution in [1.82, 2.24) is 0 Å². The van der Waals surface area contributed by atoms with Gasteiger partial charge in [0, 0.05) is 0 Å². The van der Waals surface area contributed by atoms with Crippen molar-refractivity contribution >= 4 is 5.97 Å². The highest BCUT2D eigenvalue weighted by Crippen LogP contribution is 2.23. The molecule has 0 spiro atoms. The van der Waals surface area contributed by atoms with Crippen LogP contribution in [0.25, 0.3) is 0 Å². The summed E-state index contributed by atoms with van der Waals surface area (Å²) in [6.07, 6.45) is -1.24. The smallest absolute Gasteiger partial charge is 0.378 e. The Morgan fingerprint density at radius 1 is 1.60 bits per heavy atom. The number of esters is 1. The first-order valence-corrected chi connectivity index (χ1v) is 4.39. The lowest BCUT2D eigenvalue weighted by Gasteiger charge is -2.16. The Bertz CT molecular complexity index is 329. The van der Waals surface area contributed by atoms with Crippen LogP contribution in [0.4, 0.5) is 0 Å². The molecule has 0 aliphatic carbocycles. The van der Waals surface area contributed by atoms with E-state index in [0.717, 1.165) is 0 Å². The molecule has 84 valence electrons. The van der Waals surface area contributed by atoms with Crippen LogP contribution in [0.2, 0.25) is 0 Å². The van der Waals surface area contributed by atoms with Gasteiger partial charge in [-0.2, -0.15) is 0 Å². The molecule has 1 aliphatic rings. The normalized spacial score (nSPS) is 24.3. The van der Waals surface area contributed by atoms with Crippen LogP contribution in [0.3, 0.4) is 0 Å². The number of aliphatic hydroxyl groups is 4. The fourth-order valence-electron chi connectivity index (χ4n) is 1.17. The third-order valence-corrected chi connectivity index (χ3v) is 1.94. The molecule has 0 fully saturated rings. The molecule has 0 amide bonds. The van der Waals surface area contributed by atoms with Gasteiger partial charge in [-0.05, 0) is 12.5 Å². The van der Waals surface area contributed by atoms with Gasteiger partial charge in [-0.15, -0.1) is 0 Å². The van der Waals surface area contributed by atoms with E-state index in [2.05, 4.69) is 4.74 Å². The highest BCUT2D eigenvalue weighted by atomic mass is 16.6. The van der Waals surface area contributed by atoms with Gasteiger partial charge in [0.25, 0.3) is 0 Å². The fraction of sp³-hybridized carbons (Fsp3) is 0.444. The molecule has 0 saturated heterocycles. The third kappa shape index (κ3) is 2.04. The monoisotopic (exact) mass is 216 g/mol. The van der Waals surface area contributed by atoms with Gasteiger partial charge >= 0.3 is 5.97 Å². The zero-order valence-corrected chi connectivity index (χ0v) is 8.04. The quantitative estimate of drug-likeness (QED) is 0.403. The van der Waals surface area contributed by atoms with Gasteiger partial charge in [-0.25, -0.2) is 4.79 Å². The number of allylic oxidation sites excluding steroid dienone is 1. The summed E-state index contributed by atoms with van der Waals surface area (Å²) in [5, 5.41) is 36.9. The Balaban J connectivity index is 2.84. The molecule has 15 heavy (non-hydrogen) atoms. The molecule has 0 saturated carbocycles. The van der Waals surface area contributed by atoms with Crippen LogP contribution in [0.1, 0.15) is 13.3 Å². The number of hydrogen-bond acceptors (Lipinski definition) is 6. The molecule has 1 aliphatic heterocycles. The lowest BCUT2D eigenvalue weighted by molar-refractivity contribution is -0.146. The Labute approximate surface area is 85.7 Å². The molecule has 0 radical (unpaired) electrons. The number of ether oxygens (including phenoxy) is 1. The maximum Gasteiger partial charge on any atom is 0.378 e. The Morgan fingerprint density at radius 2 is 2.20 bits per heavy atom. The Hall–Kier alpha value is -1.69. The summed E-state index contributed by atoms with van der Waals surface area (Å²) in [5.41, 5.74) is 0. The number of cyclic esters (lactones) is 1. The van der Waals surface area contributed by atoms with E-state index in [1.165, 1.54) is 6.08 Å². The van der Waals surface area contributed by atoms with Gasteiger partial charge in [0.05, 0.1) is 0 Å². The molecule has 0 bridgehead atoms. The minimum absolute atomic E-state index is 0.420. The Kier molecular flexibility index (Phi) is 3.21. The van der Waals surface area contributed by atoms with E-state index in [1.54, 1.807) is 6.92 Å². The standard InChI is InChI=1S/C9H12O6/c1-2-3-4(10)5(11)8-6(12)7(13)9(14)15-8/h3,5,8,10-13H,2H2,1H3/t5-,8+/m0/s1. The zero-order valence-electron chi connectivity index (χ0n) is 8.04. The first kappa shape index (κ1) is 11.4. The van der Waals surface area contributed by atoms with E-state index in [1.807, 2.05) is 0 Å². The first-order valence-electron chi connectivity index (χ1n) is 4.39. The summed E-state index contributed by atoms with van der Waals surface area (Å²) in [6, 6.07) is 0. The van der Waals surface area contributed by atoms with Gasteiger partial charge < -0.3 is 25.2 Å². The van der Waals surface area contributed by atoms with Crippen molar-refractivity contribution < 1.29 is 30.0 Å². The van der Waals surface area contributed by atoms with Gasteiger partial charge in [0.15, 0.2) is 18.0 Å². The SMILES string of the molecule is CCC=C(O)[C@H](O)[C@H]1OC(=O)C(O)=C1O. The van der Waals surface area contributed by atoms with Crippen molar-refractivity contribution in [2.45, 2.75) is 25.6 Å². The topological polar surface area (TPSA) is 107 Å². The number of carbonyl (C=O) groups is 1. The van der Waals surface area contributed by atoms with Crippen molar-refractivity contribution in [3.05, 3.63) is 23.4 Å². The molecule has 0 unspecified atom stereocenters. The zero-order chi connectivity index (χ0) is 11.6. The second-order valence-corrected chi connectivity index (χ2v) is 3.04. The van der Waals surface area contributed by atoms with Crippen molar-refractivity contribution in [1.29, 1.82) is 0 Å². The molecule has 1 rings (SSSR count). The summed E-state index contributed by atoms with van der Waals surface area (Å²) in [4.78, 5) is 10.8. The largest absolute Gasteiger partial charge is 0.510 e. The van der Waals surface area contributed by atoms with Gasteiger partial charge in [-0.3, -0.25) is 0 Å². The molecule has 6 nitrogen and oxygen atoms in total. The van der Waals surface area contributed by atoms with E-state index < -0.39 is 35.5 Å². The summed E-state index contributed by atoms with van der Waals surface area (Å²) >= 11 is 0. The molecule has 0 aromatic carbocycles. The summed E-state index contributed by atoms with van der Waals surface area (Å²) in [6.45, 7) is 1.73. The average molecular weight is 216 g/mol. The van der Waals surface area contributed by atoms with Gasteiger partial charge in [0.1, 0.15) is 5.76 Å². The predicted molar refractivity (Wildman–Crippen MR) is 49.2 cm³/mol. The third-order valence-electron chi connectivity index (χ3n) is 1.94. The van der Waals surface area contributed by atoms with Crippen molar-refractivity contribution in [3.63, 3.8) is 0 Å². The van der Waals surface area contributed by atoms with Crippen molar-refractivity contribution in [3.8, 4) is 0 Å². The summed E-state index contributed by atoms with van der Waals surface area (Å²) in [5.74, 6) is -3.26. The van der Waals surface area contributed by atoms with Gasteiger partial charge in [0.2, 0.25) is 5.76 Å². The first-order chi connectivity index (χ1) is 6.99. The maximum absolute atomic E-state index is 10.8. The number of hydrogen-bond donors (Lipinski definition) is 4. The Morgan fingerprint density at radius 3 is 2.60 bits per heavy atom. The molecule has 2 atom stereocenters. The number of aliphatic hydroxyl groups excluding tert-OH is 4. The van der Waals surface area contributed by atoms with Crippen LogP contribution < -0.4 is 0 Å². The van der Waals surface area contributed by atoms with Crippen molar-refractivity contribution in [2.24, 2.45) is 0 Å². The van der Waals surface area contributed by atoms with E-state index in [4.69, 9.17) is 5.11 Å². The minimum atomic E-state index is -1.57. The van der Waals surface area contributed by atoms with Crippen molar-refractivity contribution in [2.75, 3.05) is 0 Å². The molecule has 6 heteroatoms. The average Bonchev–Trinajstić information content (AvgIpc) is 2.45. The second kappa shape index (κ2) is 4.22. The van der Waals surface area contributed by atoms with E-state index in [9.17, 15) is 20.1 Å². The van der Waals surface area contributed by atoms with E-state index in [0.29, 0.717) is 6.42 Å². The number of rotatable bonds is 3. The lowest BCUT2D eigenvalue weighted by atomic mass is 10.1. The minimum Gasteiger partial charge on any atom is -0.510 e. The van der Waals surface area contributed by atoms with Crippen LogP contribution in [-0.2, 0) is 9.53 Å². The van der Waals surface area contributed by atoms with Crippen LogP contribution >= 0.6 is 0 Å². The van der Waals surface area contributed by atoms with E-state index >= 15 is 0 Å². The van der Waals surface area contributed by atoms with Crippen LogP contribution in [0.15, 0.2) is 23.4 Å². The predicted octanol–water partition coefficient (Wildman–Crippen LogP) is 0.452. The highest BCUT2D eigenvalue weighted by Gasteiger charge is 2.40. The highest BCUT2D eigenvalue weighted by molar-refractivity contribution is 5.89. The fourth-order valence-corrected chi connectivity index (χ4v) is 1.17. The lowest BCUT2D eigenvalue weighted by Crippen LogP contribution is -2.30. The van der Waals surface area contributed by atoms with Gasteiger partial charge in [-0.1, -0.05) is 6.92 Å². The van der Waals surface area contributed by atoms with E-state index in [-0.39, 0.29) is 0 Å². The molecular formula is C9H12O6. The summed E-state index contributed by atoms with van der Waals surface area (Å²) in [7, 11) is 0. The molecule has 1 heterocycles. The molecule has 0 aromatic heterocycles. The summed E-state index contributed by atoms with van der Waals surface area (Å²) < 4.78 is 4.45. The second-order valence-electron chi connectivity index (χ2n) is 3.04. The molecular weight excluding hydrogens is 204 g/mol. The maximum atomic E-state index is 10.8. The van der Waals surface area contributed by atoms with Crippen LogP contribution in [0.5, 0.6) is 0 Å². The van der Waals surface area contributed by atoms with Crippen LogP contribution in [-0.4, -0.2) is 38.6 Å².